The Labute approximate surface area is 165 Å². The van der Waals surface area contributed by atoms with Crippen molar-refractivity contribution < 1.29 is 9.53 Å². The molecule has 2 aliphatic rings. The average Bonchev–Trinajstić information content (AvgIpc) is 3.20. The Morgan fingerprint density at radius 3 is 2.57 bits per heavy atom. The summed E-state index contributed by atoms with van der Waals surface area (Å²) in [6.45, 7) is 6.95. The van der Waals surface area contributed by atoms with E-state index in [1.54, 1.807) is 4.57 Å². The zero-order valence-corrected chi connectivity index (χ0v) is 16.7. The van der Waals surface area contributed by atoms with Crippen LogP contribution in [0.25, 0.3) is 21.8 Å². The maximum Gasteiger partial charge on any atom is 0.419 e. The van der Waals surface area contributed by atoms with E-state index in [1.807, 2.05) is 42.5 Å². The van der Waals surface area contributed by atoms with Gasteiger partial charge >= 0.3 is 6.09 Å². The molecule has 1 heterocycles. The number of nitrogens with zero attached hydrogens (tertiary/aromatic N) is 1. The largest absolute Gasteiger partial charge is 0.445 e. The Morgan fingerprint density at radius 2 is 1.89 bits per heavy atom. The first kappa shape index (κ1) is 17.4. The number of ether oxygens (including phenoxy) is 1. The van der Waals surface area contributed by atoms with Crippen molar-refractivity contribution in [3.05, 3.63) is 48.0 Å². The highest BCUT2D eigenvalue weighted by molar-refractivity contribution is 6.12. The van der Waals surface area contributed by atoms with E-state index in [0.29, 0.717) is 5.92 Å². The van der Waals surface area contributed by atoms with Crippen molar-refractivity contribution in [3.63, 3.8) is 0 Å². The quantitative estimate of drug-likeness (QED) is 0.493. The molecule has 3 heteroatoms. The molecule has 2 bridgehead atoms. The molecular weight excluding hydrogens is 346 g/mol. The molecule has 0 N–H and O–H groups in total. The molecule has 1 unspecified atom stereocenters. The van der Waals surface area contributed by atoms with Gasteiger partial charge in [0.1, 0.15) is 6.10 Å². The van der Waals surface area contributed by atoms with Crippen molar-refractivity contribution in [1.29, 1.82) is 0 Å². The van der Waals surface area contributed by atoms with Gasteiger partial charge in [-0.1, -0.05) is 51.0 Å². The van der Waals surface area contributed by atoms with E-state index in [-0.39, 0.29) is 23.0 Å². The maximum absolute atomic E-state index is 13.4. The van der Waals surface area contributed by atoms with Gasteiger partial charge in [-0.2, -0.15) is 0 Å². The van der Waals surface area contributed by atoms with Gasteiger partial charge in [-0.15, -0.1) is 6.42 Å². The number of fused-ring (bicyclic) bond motifs is 5. The van der Waals surface area contributed by atoms with Crippen LogP contribution in [0.2, 0.25) is 0 Å². The summed E-state index contributed by atoms with van der Waals surface area (Å²) in [5.74, 6) is 3.30. The Balaban J connectivity index is 1.61. The van der Waals surface area contributed by atoms with Gasteiger partial charge in [0, 0.05) is 21.8 Å². The second-order valence-corrected chi connectivity index (χ2v) is 9.21. The fraction of sp³-hybridized carbons (Fsp3) is 0.400. The molecule has 2 fully saturated rings. The lowest BCUT2D eigenvalue weighted by Crippen LogP contribution is -2.39. The monoisotopic (exact) mass is 371 g/mol. The van der Waals surface area contributed by atoms with Gasteiger partial charge in [0.15, 0.2) is 0 Å². The number of benzene rings is 2. The number of para-hydroxylation sites is 1. The van der Waals surface area contributed by atoms with E-state index in [0.717, 1.165) is 40.2 Å². The third kappa shape index (κ3) is 2.09. The van der Waals surface area contributed by atoms with E-state index >= 15 is 0 Å². The molecule has 0 saturated heterocycles. The summed E-state index contributed by atoms with van der Waals surface area (Å²) >= 11 is 0. The Bertz CT molecular complexity index is 1160. The molecule has 0 aliphatic heterocycles. The highest BCUT2D eigenvalue weighted by atomic mass is 16.6. The van der Waals surface area contributed by atoms with Gasteiger partial charge in [-0.25, -0.2) is 9.36 Å². The molecule has 0 amide bonds. The van der Waals surface area contributed by atoms with E-state index in [4.69, 9.17) is 11.2 Å². The van der Waals surface area contributed by atoms with Gasteiger partial charge in [0.2, 0.25) is 0 Å². The van der Waals surface area contributed by atoms with Crippen LogP contribution in [0.4, 0.5) is 4.79 Å². The summed E-state index contributed by atoms with van der Waals surface area (Å²) in [5, 5.41) is 2.06. The topological polar surface area (TPSA) is 31.2 Å². The molecule has 3 nitrogen and oxygen atoms in total. The van der Waals surface area contributed by atoms with Crippen molar-refractivity contribution >= 4 is 27.9 Å². The summed E-state index contributed by atoms with van der Waals surface area (Å²) in [6, 6.07) is 13.8. The van der Waals surface area contributed by atoms with Gasteiger partial charge in [0.25, 0.3) is 0 Å². The molecule has 142 valence electrons. The second-order valence-electron chi connectivity index (χ2n) is 9.21. The van der Waals surface area contributed by atoms with Crippen LogP contribution in [0.3, 0.4) is 0 Å². The highest BCUT2D eigenvalue weighted by Crippen LogP contribution is 2.66. The van der Waals surface area contributed by atoms with E-state index < -0.39 is 0 Å². The van der Waals surface area contributed by atoms with E-state index in [2.05, 4.69) is 26.7 Å². The van der Waals surface area contributed by atoms with Gasteiger partial charge < -0.3 is 4.74 Å². The third-order valence-electron chi connectivity index (χ3n) is 7.98. The van der Waals surface area contributed by atoms with Crippen molar-refractivity contribution in [2.75, 3.05) is 0 Å². The summed E-state index contributed by atoms with van der Waals surface area (Å²) in [4.78, 5) is 13.4. The number of terminal acetylenes is 1. The lowest BCUT2D eigenvalue weighted by molar-refractivity contribution is -0.00296. The lowest BCUT2D eigenvalue weighted by Gasteiger charge is -2.38. The molecule has 2 aromatic carbocycles. The van der Waals surface area contributed by atoms with E-state index in [1.165, 1.54) is 6.42 Å². The van der Waals surface area contributed by atoms with Gasteiger partial charge in [-0.05, 0) is 48.8 Å². The van der Waals surface area contributed by atoms with Crippen LogP contribution in [0, 0.1) is 29.1 Å². The molecule has 0 spiro atoms. The van der Waals surface area contributed by atoms with Crippen LogP contribution >= 0.6 is 0 Å². The number of carbonyl (C=O) groups excluding carboxylic acids is 1. The smallest absolute Gasteiger partial charge is 0.419 e. The van der Waals surface area contributed by atoms with Crippen molar-refractivity contribution in [2.24, 2.45) is 16.7 Å². The van der Waals surface area contributed by atoms with E-state index in [9.17, 15) is 4.79 Å². The summed E-state index contributed by atoms with van der Waals surface area (Å²) in [5.41, 5.74) is 2.68. The second kappa shape index (κ2) is 5.64. The Morgan fingerprint density at radius 1 is 1.14 bits per heavy atom. The molecule has 1 aromatic heterocycles. The van der Waals surface area contributed by atoms with Crippen LogP contribution in [0.1, 0.15) is 45.6 Å². The zero-order chi connectivity index (χ0) is 19.7. The minimum atomic E-state index is -0.296. The molecule has 2 saturated carbocycles. The molecule has 0 radical (unpaired) electrons. The van der Waals surface area contributed by atoms with Crippen LogP contribution in [0.5, 0.6) is 0 Å². The molecule has 5 rings (SSSR count). The van der Waals surface area contributed by atoms with Crippen LogP contribution in [-0.4, -0.2) is 16.8 Å². The minimum Gasteiger partial charge on any atom is -0.445 e. The molecule has 3 atom stereocenters. The number of carbonyl (C=O) groups is 1. The summed E-state index contributed by atoms with van der Waals surface area (Å²) in [7, 11) is 0. The fourth-order valence-electron chi connectivity index (χ4n) is 5.74. The maximum atomic E-state index is 13.4. The highest BCUT2D eigenvalue weighted by Gasteiger charge is 2.63. The van der Waals surface area contributed by atoms with Crippen LogP contribution in [-0.2, 0) is 4.74 Å². The summed E-state index contributed by atoms with van der Waals surface area (Å²) in [6.07, 6.45) is 8.59. The van der Waals surface area contributed by atoms with Gasteiger partial charge in [0.05, 0.1) is 11.0 Å². The Hall–Kier alpha value is -2.73. The van der Waals surface area contributed by atoms with Crippen molar-refractivity contribution in [3.8, 4) is 12.3 Å². The number of hydrogen-bond donors (Lipinski definition) is 0. The first-order valence-corrected chi connectivity index (χ1v) is 10.1. The number of rotatable bonds is 1. The van der Waals surface area contributed by atoms with Crippen molar-refractivity contribution in [2.45, 2.75) is 46.1 Å². The van der Waals surface area contributed by atoms with Crippen LogP contribution < -0.4 is 0 Å². The normalized spacial score (nSPS) is 27.9. The van der Waals surface area contributed by atoms with Gasteiger partial charge in [-0.3, -0.25) is 0 Å². The number of hydrogen-bond acceptors (Lipinski definition) is 2. The number of aromatic nitrogens is 1. The minimum absolute atomic E-state index is 0.0378. The lowest BCUT2D eigenvalue weighted by atomic mass is 9.70. The zero-order valence-electron chi connectivity index (χ0n) is 16.7. The summed E-state index contributed by atoms with van der Waals surface area (Å²) < 4.78 is 7.89. The predicted octanol–water partition coefficient (Wildman–Crippen LogP) is 5.98. The SMILES string of the molecule is C#Cc1ccc2c3ccccc3n(C(=O)O[C@@H]3CC4CC[C@@]3(C)C4(C)C)c2c1. The predicted molar refractivity (Wildman–Crippen MR) is 112 cm³/mol. The Kier molecular flexibility index (Phi) is 3.50. The van der Waals surface area contributed by atoms with Crippen molar-refractivity contribution in [1.82, 2.24) is 4.57 Å². The fourth-order valence-corrected chi connectivity index (χ4v) is 5.74. The average molecular weight is 371 g/mol. The first-order valence-electron chi connectivity index (χ1n) is 10.1. The molecule has 28 heavy (non-hydrogen) atoms. The standard InChI is InChI=1S/C25H25NO2/c1-5-16-10-11-19-18-8-6-7-9-20(18)26(21(19)14-16)23(27)28-22-15-17-12-13-25(22,4)24(17,2)3/h1,6-11,14,17,22H,12-13,15H2,2-4H3/t17?,22-,25-/m1/s1. The third-order valence-corrected chi connectivity index (χ3v) is 7.98. The molecular formula is C25H25NO2. The molecule has 2 aliphatic carbocycles. The first-order chi connectivity index (χ1) is 13.4. The molecule has 3 aromatic rings. The van der Waals surface area contributed by atoms with Crippen LogP contribution in [0.15, 0.2) is 42.5 Å².